The molecule has 14 saturated heterocycles. The van der Waals surface area contributed by atoms with Crippen molar-refractivity contribution in [2.75, 3.05) is 6.61 Å². The fourth-order valence-corrected chi connectivity index (χ4v) is 19.7. The average molecular weight is 1110 g/mol. The minimum absolute atomic E-state index is 0.00963. The molecule has 17 nitrogen and oxygen atoms in total. The van der Waals surface area contributed by atoms with Crippen LogP contribution in [0, 0.1) is 41.4 Å². The van der Waals surface area contributed by atoms with E-state index in [1.807, 2.05) is 0 Å². The number of fused-ring (bicyclic) bond motifs is 10. The molecule has 0 aromatic heterocycles. The zero-order chi connectivity index (χ0) is 54.0. The predicted octanol–water partition coefficient (Wildman–Crippen LogP) is 6.46. The van der Waals surface area contributed by atoms with E-state index in [0.717, 1.165) is 94.6 Å². The Hall–Kier alpha value is -1.65. The summed E-state index contributed by atoms with van der Waals surface area (Å²) in [6.07, 6.45) is 8.40. The van der Waals surface area contributed by atoms with Gasteiger partial charge in [-0.2, -0.15) is 0 Å². The van der Waals surface area contributed by atoms with Crippen LogP contribution in [0.25, 0.3) is 0 Å². The highest BCUT2D eigenvalue weighted by Crippen LogP contribution is 2.61. The van der Waals surface area contributed by atoms with Crippen LogP contribution in [0.1, 0.15) is 156 Å². The van der Waals surface area contributed by atoms with E-state index in [1.54, 1.807) is 0 Å². The molecule has 440 valence electrons. The molecular formula is C62H90O17. The number of ether oxygens (including phenoxy) is 13. The molecule has 0 aromatic rings. The average Bonchev–Trinajstić information content (AvgIpc) is 4.41. The summed E-state index contributed by atoms with van der Waals surface area (Å²) in [5.41, 5.74) is 1.90. The molecule has 3 N–H and O–H groups in total. The Morgan fingerprint density at radius 3 is 2.14 bits per heavy atom. The van der Waals surface area contributed by atoms with Gasteiger partial charge in [-0.05, 0) is 117 Å². The number of carbonyl (C=O) groups excluding carboxylic acids is 1. The lowest BCUT2D eigenvalue weighted by atomic mass is 9.65. The van der Waals surface area contributed by atoms with Crippen LogP contribution in [0.15, 0.2) is 24.3 Å². The summed E-state index contributed by atoms with van der Waals surface area (Å²) in [5, 5.41) is 30.4. The maximum atomic E-state index is 14.6. The highest BCUT2D eigenvalue weighted by Gasteiger charge is 2.69. The summed E-state index contributed by atoms with van der Waals surface area (Å²) in [4.78, 5) is 14.6. The third-order valence-electron chi connectivity index (χ3n) is 23.2. The van der Waals surface area contributed by atoms with E-state index in [-0.39, 0.29) is 164 Å². The van der Waals surface area contributed by atoms with Crippen molar-refractivity contribution in [2.24, 2.45) is 41.4 Å². The Bertz CT molecular complexity index is 2340. The first kappa shape index (κ1) is 54.0. The van der Waals surface area contributed by atoms with Gasteiger partial charge in [0.1, 0.15) is 36.6 Å². The van der Waals surface area contributed by atoms with Crippen LogP contribution in [-0.2, 0) is 66.4 Å². The summed E-state index contributed by atoms with van der Waals surface area (Å²) >= 11 is 0. The van der Waals surface area contributed by atoms with Gasteiger partial charge in [-0.15, -0.1) is 0 Å². The highest BCUT2D eigenvalue weighted by atomic mass is 16.8. The number of hydrogen-bond acceptors (Lipinski definition) is 17. The van der Waals surface area contributed by atoms with Crippen LogP contribution in [0.4, 0.5) is 0 Å². The molecule has 2 aliphatic carbocycles. The van der Waals surface area contributed by atoms with Gasteiger partial charge in [0.15, 0.2) is 11.6 Å². The first-order valence-corrected chi connectivity index (χ1v) is 31.5. The van der Waals surface area contributed by atoms with Crippen LogP contribution in [0.3, 0.4) is 0 Å². The van der Waals surface area contributed by atoms with E-state index in [9.17, 15) is 20.1 Å². The van der Waals surface area contributed by atoms with Gasteiger partial charge in [0.2, 0.25) is 0 Å². The standard InChI is InChI=1S/C62H90O17/c1-28-13-37-7-9-42-29(2)14-39(67-42)11-12-61-26-50-56(78-61)57-58(73-50)59(79-61)55-43(71-57)10-8-38(69-55)17-51(66)74-54-33(6)40-15-34-24-62(76-45(34)19-46(40)70-48(54)18-44(68-37)32(28)5)25-35-23-60(21-30(3)52(35)77-62)22-31(4)53-49(75-60)20-47(72-53)41(65)16-36(64)27-63/h28,30-31,33-50,52-59,63-65H,2,5,7-27H2,1,3-4,6H3. The Morgan fingerprint density at radius 1 is 0.544 bits per heavy atom. The molecule has 16 rings (SSSR count). The molecule has 14 heterocycles. The summed E-state index contributed by atoms with van der Waals surface area (Å²) < 4.78 is 90.5. The van der Waals surface area contributed by atoms with Crippen molar-refractivity contribution >= 4 is 5.97 Å². The molecule has 79 heavy (non-hydrogen) atoms. The van der Waals surface area contributed by atoms with Gasteiger partial charge in [0.05, 0.1) is 116 Å². The third-order valence-corrected chi connectivity index (χ3v) is 23.2. The van der Waals surface area contributed by atoms with Crippen molar-refractivity contribution in [1.82, 2.24) is 0 Å². The number of aliphatic hydroxyl groups is 3. The Morgan fingerprint density at radius 2 is 1.29 bits per heavy atom. The molecule has 16 aliphatic rings. The minimum atomic E-state index is -0.982. The first-order chi connectivity index (χ1) is 38.0. The van der Waals surface area contributed by atoms with Crippen LogP contribution in [0.5, 0.6) is 0 Å². The maximum absolute atomic E-state index is 14.6. The minimum Gasteiger partial charge on any atom is -0.459 e. The third kappa shape index (κ3) is 9.45. The molecule has 2 saturated carbocycles. The topological polar surface area (TPSA) is 198 Å². The second-order valence-corrected chi connectivity index (χ2v) is 28.6. The zero-order valence-electron chi connectivity index (χ0n) is 47.1. The lowest BCUT2D eigenvalue weighted by Crippen LogP contribution is -2.61. The van der Waals surface area contributed by atoms with E-state index in [2.05, 4.69) is 40.9 Å². The van der Waals surface area contributed by atoms with Crippen LogP contribution >= 0.6 is 0 Å². The Kier molecular flexibility index (Phi) is 13.8. The molecule has 32 unspecified atom stereocenters. The first-order valence-electron chi connectivity index (χ1n) is 31.5. The molecule has 17 heteroatoms. The van der Waals surface area contributed by atoms with Gasteiger partial charge in [0, 0.05) is 57.3 Å². The summed E-state index contributed by atoms with van der Waals surface area (Å²) in [6, 6.07) is 0. The van der Waals surface area contributed by atoms with Crippen LogP contribution < -0.4 is 0 Å². The number of hydrogen-bond donors (Lipinski definition) is 3. The molecule has 3 spiro atoms. The molecule has 16 fully saturated rings. The van der Waals surface area contributed by atoms with Crippen LogP contribution in [-0.4, -0.2) is 179 Å². The van der Waals surface area contributed by atoms with Crippen LogP contribution in [0.2, 0.25) is 0 Å². The van der Waals surface area contributed by atoms with Gasteiger partial charge in [-0.3, -0.25) is 4.79 Å². The van der Waals surface area contributed by atoms with E-state index < -0.39 is 54.8 Å². The number of esters is 1. The summed E-state index contributed by atoms with van der Waals surface area (Å²) in [6.45, 7) is 17.9. The lowest BCUT2D eigenvalue weighted by molar-refractivity contribution is -0.293. The molecule has 32 atom stereocenters. The van der Waals surface area contributed by atoms with Crippen molar-refractivity contribution in [3.63, 3.8) is 0 Å². The number of rotatable bonds is 4. The Labute approximate surface area is 466 Å². The normalized spacial score (nSPS) is 57.2. The quantitative estimate of drug-likeness (QED) is 0.205. The summed E-state index contributed by atoms with van der Waals surface area (Å²) in [5.74, 6) is -0.284. The molecule has 14 aliphatic heterocycles. The van der Waals surface area contributed by atoms with Gasteiger partial charge >= 0.3 is 5.97 Å². The van der Waals surface area contributed by atoms with E-state index in [0.29, 0.717) is 32.1 Å². The SMILES string of the molecule is C=C1CC2CCC34CC5OC6C(OC7CCC(CC(=O)OC8C(CC9OC(CCC1O2)CC(C)C9=C)OC1CC2OC9(CC2CC1C8C)CC1CC2(CC(C)C1O9)CC(C)C1OC(C(O)CC(O)CO)CC1O2)OC7C6O3)C5O4. The van der Waals surface area contributed by atoms with Gasteiger partial charge in [-0.1, -0.05) is 40.9 Å². The van der Waals surface area contributed by atoms with E-state index in [4.69, 9.17) is 61.6 Å². The van der Waals surface area contributed by atoms with Crippen molar-refractivity contribution in [2.45, 2.75) is 308 Å². The van der Waals surface area contributed by atoms with Crippen molar-refractivity contribution in [3.8, 4) is 0 Å². The number of carbonyl (C=O) groups is 1. The maximum Gasteiger partial charge on any atom is 0.308 e. The van der Waals surface area contributed by atoms with Gasteiger partial charge in [-0.25, -0.2) is 0 Å². The second-order valence-electron chi connectivity index (χ2n) is 28.6. The van der Waals surface area contributed by atoms with Gasteiger partial charge < -0.3 is 76.9 Å². The molecule has 0 aromatic carbocycles. The largest absolute Gasteiger partial charge is 0.459 e. The smallest absolute Gasteiger partial charge is 0.308 e. The van der Waals surface area contributed by atoms with E-state index >= 15 is 0 Å². The number of aliphatic hydroxyl groups excluding tert-OH is 3. The molecule has 12 bridgehead atoms. The Balaban J connectivity index is 0.655. The monoisotopic (exact) mass is 1110 g/mol. The second kappa shape index (κ2) is 20.2. The predicted molar refractivity (Wildman–Crippen MR) is 280 cm³/mol. The van der Waals surface area contributed by atoms with Crippen molar-refractivity contribution < 1.29 is 81.7 Å². The lowest BCUT2D eigenvalue weighted by Gasteiger charge is -2.51. The summed E-state index contributed by atoms with van der Waals surface area (Å²) in [7, 11) is 0. The van der Waals surface area contributed by atoms with E-state index in [1.165, 1.54) is 0 Å². The fraction of sp³-hybridized carbons (Fsp3) is 0.919. The fourth-order valence-electron chi connectivity index (χ4n) is 19.7. The highest BCUT2D eigenvalue weighted by molar-refractivity contribution is 5.70. The molecule has 0 radical (unpaired) electrons. The van der Waals surface area contributed by atoms with Crippen molar-refractivity contribution in [3.05, 3.63) is 24.3 Å². The van der Waals surface area contributed by atoms with Gasteiger partial charge in [0.25, 0.3) is 0 Å². The zero-order valence-corrected chi connectivity index (χ0v) is 47.1. The molecule has 0 amide bonds. The van der Waals surface area contributed by atoms with Crippen molar-refractivity contribution in [1.29, 1.82) is 0 Å². The molecular weight excluding hydrogens is 1020 g/mol.